The van der Waals surface area contributed by atoms with Crippen LogP contribution in [0.5, 0.6) is 5.75 Å². The highest BCUT2D eigenvalue weighted by atomic mass is 19.4. The number of ether oxygens (including phenoxy) is 1. The first-order chi connectivity index (χ1) is 7.80. The highest BCUT2D eigenvalue weighted by Gasteiger charge is 2.37. The number of halogens is 4. The molecule has 0 unspecified atom stereocenters. The van der Waals surface area contributed by atoms with Gasteiger partial charge < -0.3 is 4.74 Å². The van der Waals surface area contributed by atoms with Gasteiger partial charge in [0.2, 0.25) is 0 Å². The van der Waals surface area contributed by atoms with Crippen molar-refractivity contribution in [1.82, 2.24) is 0 Å². The summed E-state index contributed by atoms with van der Waals surface area (Å²) in [7, 11) is 0. The summed E-state index contributed by atoms with van der Waals surface area (Å²) in [5.41, 5.74) is 3.50. The van der Waals surface area contributed by atoms with Crippen molar-refractivity contribution in [3.05, 3.63) is 29.6 Å². The maximum atomic E-state index is 13.0. The predicted octanol–water partition coefficient (Wildman–Crippen LogP) is 3.06. The second-order valence-corrected chi connectivity index (χ2v) is 4.16. The van der Waals surface area contributed by atoms with Crippen molar-refractivity contribution in [1.29, 1.82) is 0 Å². The minimum Gasteiger partial charge on any atom is -0.473 e. The fourth-order valence-corrected chi connectivity index (χ4v) is 1.65. The maximum Gasteiger partial charge on any atom is 0.419 e. The molecule has 17 heavy (non-hydrogen) atoms. The second-order valence-electron chi connectivity index (χ2n) is 4.16. The normalized spacial score (nSPS) is 18.6. The van der Waals surface area contributed by atoms with Gasteiger partial charge in [0.25, 0.3) is 0 Å². The lowest BCUT2D eigenvalue weighted by Crippen LogP contribution is -2.51. The van der Waals surface area contributed by atoms with Gasteiger partial charge in [-0.25, -0.2) is 4.39 Å². The molecule has 0 spiro atoms. The smallest absolute Gasteiger partial charge is 0.419 e. The Kier molecular flexibility index (Phi) is 2.77. The van der Waals surface area contributed by atoms with Crippen LogP contribution in [0.25, 0.3) is 0 Å². The first-order valence-electron chi connectivity index (χ1n) is 5.15. The molecule has 1 aromatic carbocycles. The third-order valence-corrected chi connectivity index (χ3v) is 2.76. The third kappa shape index (κ3) is 2.52. The van der Waals surface area contributed by atoms with Crippen LogP contribution in [-0.2, 0) is 6.18 Å². The molecule has 94 valence electrons. The van der Waals surface area contributed by atoms with E-state index in [2.05, 4.69) is 0 Å². The molecule has 1 saturated carbocycles. The average Bonchev–Trinajstić information content (AvgIpc) is 2.17. The van der Waals surface area contributed by atoms with Gasteiger partial charge in [-0.05, 0) is 24.6 Å². The van der Waals surface area contributed by atoms with Crippen LogP contribution in [0.15, 0.2) is 18.2 Å². The molecule has 0 heterocycles. The molecule has 0 bridgehead atoms. The lowest BCUT2D eigenvalue weighted by molar-refractivity contribution is -0.140. The topological polar surface area (TPSA) is 35.2 Å². The van der Waals surface area contributed by atoms with Gasteiger partial charge in [-0.3, -0.25) is 5.73 Å². The fraction of sp³-hybridized carbons (Fsp3) is 0.455. The maximum absolute atomic E-state index is 13.0. The van der Waals surface area contributed by atoms with Crippen LogP contribution in [0.2, 0.25) is 0 Å². The van der Waals surface area contributed by atoms with Gasteiger partial charge >= 0.3 is 6.18 Å². The lowest BCUT2D eigenvalue weighted by atomic mass is 9.89. The summed E-state index contributed by atoms with van der Waals surface area (Å²) in [5, 5.41) is 0. The summed E-state index contributed by atoms with van der Waals surface area (Å²) in [4.78, 5) is 0. The van der Waals surface area contributed by atoms with Gasteiger partial charge in [-0.1, -0.05) is 0 Å². The molecule has 0 saturated heterocycles. The molecule has 0 aliphatic heterocycles. The Labute approximate surface area is 95.4 Å². The third-order valence-electron chi connectivity index (χ3n) is 2.76. The minimum atomic E-state index is -4.73. The first-order valence-corrected chi connectivity index (χ1v) is 5.15. The summed E-state index contributed by atoms with van der Waals surface area (Å²) in [6, 6.07) is 2.53. The van der Waals surface area contributed by atoms with Crippen molar-refractivity contribution in [2.75, 3.05) is 0 Å². The zero-order valence-corrected chi connectivity index (χ0v) is 8.85. The molecule has 2 rings (SSSR count). The van der Waals surface area contributed by atoms with Gasteiger partial charge in [-0.2, -0.15) is 13.2 Å². The molecule has 1 aromatic rings. The van der Waals surface area contributed by atoms with E-state index in [0.29, 0.717) is 18.9 Å². The highest BCUT2D eigenvalue weighted by molar-refractivity contribution is 5.32. The predicted molar refractivity (Wildman–Crippen MR) is 52.8 cm³/mol. The van der Waals surface area contributed by atoms with E-state index in [4.69, 9.17) is 10.5 Å². The number of hydrogen-bond donors (Lipinski definition) is 1. The largest absolute Gasteiger partial charge is 0.473 e. The van der Waals surface area contributed by atoms with Crippen molar-refractivity contribution in [2.45, 2.75) is 31.2 Å². The molecule has 0 atom stereocenters. The average molecular weight is 249 g/mol. The molecular formula is C11H11F4NO. The van der Waals surface area contributed by atoms with Crippen LogP contribution in [0.4, 0.5) is 17.6 Å². The van der Waals surface area contributed by atoms with E-state index in [1.807, 2.05) is 0 Å². The minimum absolute atomic E-state index is 0.0547. The number of hydrogen-bond acceptors (Lipinski definition) is 2. The molecule has 6 heteroatoms. The van der Waals surface area contributed by atoms with E-state index < -0.39 is 23.3 Å². The fourth-order valence-electron chi connectivity index (χ4n) is 1.65. The van der Waals surface area contributed by atoms with Gasteiger partial charge in [0.05, 0.1) is 5.56 Å². The molecule has 1 aliphatic carbocycles. The molecule has 0 aromatic heterocycles. The van der Waals surface area contributed by atoms with E-state index in [1.165, 1.54) is 0 Å². The van der Waals surface area contributed by atoms with Crippen LogP contribution in [0.1, 0.15) is 24.8 Å². The van der Waals surface area contributed by atoms with Gasteiger partial charge in [0.15, 0.2) is 5.72 Å². The van der Waals surface area contributed by atoms with Gasteiger partial charge in [0, 0.05) is 12.8 Å². The monoisotopic (exact) mass is 249 g/mol. The molecule has 1 aliphatic rings. The Hall–Kier alpha value is -1.30. The van der Waals surface area contributed by atoms with Crippen LogP contribution in [-0.4, -0.2) is 5.72 Å². The van der Waals surface area contributed by atoms with Crippen molar-refractivity contribution < 1.29 is 22.3 Å². The molecule has 0 amide bonds. The van der Waals surface area contributed by atoms with E-state index in [-0.39, 0.29) is 5.75 Å². The molecule has 2 nitrogen and oxygen atoms in total. The van der Waals surface area contributed by atoms with Gasteiger partial charge in [0.1, 0.15) is 11.6 Å². The standard InChI is InChI=1S/C11H11F4NO/c12-9-3-2-7(6-8(9)11(13,14)15)17-10(16)4-1-5-10/h2-3,6H,1,4-5,16H2. The summed E-state index contributed by atoms with van der Waals surface area (Å²) in [6.45, 7) is 0. The number of alkyl halides is 3. The SMILES string of the molecule is NC1(Oc2ccc(F)c(C(F)(F)F)c2)CCC1. The van der Waals surface area contributed by atoms with Crippen LogP contribution >= 0.6 is 0 Å². The number of nitrogens with two attached hydrogens (primary N) is 1. The summed E-state index contributed by atoms with van der Waals surface area (Å²) < 4.78 is 55.5. The number of benzene rings is 1. The zero-order chi connectivity index (χ0) is 12.7. The summed E-state index contributed by atoms with van der Waals surface area (Å²) >= 11 is 0. The van der Waals surface area contributed by atoms with E-state index in [9.17, 15) is 17.6 Å². The Bertz CT molecular complexity index is 426. The Morgan fingerprint density at radius 3 is 2.35 bits per heavy atom. The van der Waals surface area contributed by atoms with Crippen molar-refractivity contribution in [2.24, 2.45) is 5.73 Å². The number of rotatable bonds is 2. The van der Waals surface area contributed by atoms with E-state index in [0.717, 1.165) is 18.6 Å². The quantitative estimate of drug-likeness (QED) is 0.645. The molecular weight excluding hydrogens is 238 g/mol. The molecule has 1 fully saturated rings. The molecule has 2 N–H and O–H groups in total. The van der Waals surface area contributed by atoms with E-state index in [1.54, 1.807) is 0 Å². The van der Waals surface area contributed by atoms with Crippen LogP contribution < -0.4 is 10.5 Å². The van der Waals surface area contributed by atoms with Gasteiger partial charge in [-0.15, -0.1) is 0 Å². The Balaban J connectivity index is 2.25. The van der Waals surface area contributed by atoms with Crippen molar-refractivity contribution in [3.63, 3.8) is 0 Å². The molecule has 0 radical (unpaired) electrons. The lowest BCUT2D eigenvalue weighted by Gasteiger charge is -2.38. The summed E-state index contributed by atoms with van der Waals surface area (Å²) in [5.74, 6) is -1.37. The van der Waals surface area contributed by atoms with Crippen molar-refractivity contribution >= 4 is 0 Å². The summed E-state index contributed by atoms with van der Waals surface area (Å²) in [6.07, 6.45) is -2.67. The Morgan fingerprint density at radius 2 is 1.88 bits per heavy atom. The zero-order valence-electron chi connectivity index (χ0n) is 8.85. The van der Waals surface area contributed by atoms with Crippen molar-refractivity contribution in [3.8, 4) is 5.75 Å². The van der Waals surface area contributed by atoms with Crippen LogP contribution in [0, 0.1) is 5.82 Å². The second kappa shape index (κ2) is 3.87. The van der Waals surface area contributed by atoms with Crippen LogP contribution in [0.3, 0.4) is 0 Å². The van der Waals surface area contributed by atoms with E-state index >= 15 is 0 Å². The highest BCUT2D eigenvalue weighted by Crippen LogP contribution is 2.36. The first kappa shape index (κ1) is 12.2. The Morgan fingerprint density at radius 1 is 1.24 bits per heavy atom.